The van der Waals surface area contributed by atoms with Crippen molar-refractivity contribution in [2.75, 3.05) is 0 Å². The fourth-order valence-electron chi connectivity index (χ4n) is 6.14. The molecule has 4 aromatic rings. The largest absolute Gasteiger partial charge is 0.503 e. The van der Waals surface area contributed by atoms with Gasteiger partial charge in [0.15, 0.2) is 0 Å². The number of fused-ring (bicyclic) bond motifs is 2. The Morgan fingerprint density at radius 3 is 0.929 bits per heavy atom. The van der Waals surface area contributed by atoms with Crippen LogP contribution in [0.1, 0.15) is 145 Å². The number of hydrogen-bond donors (Lipinski definition) is 0. The predicted octanol–water partition coefficient (Wildman–Crippen LogP) is 13.8. The van der Waals surface area contributed by atoms with E-state index in [9.17, 15) is 0 Å². The van der Waals surface area contributed by atoms with Crippen molar-refractivity contribution in [3.8, 4) is 0 Å². The van der Waals surface area contributed by atoms with Crippen LogP contribution < -0.4 is 0 Å². The van der Waals surface area contributed by atoms with Crippen LogP contribution in [-0.2, 0) is 26.6 Å². The second-order valence-corrected chi connectivity index (χ2v) is 29.8. The molecule has 0 saturated carbocycles. The Balaban J connectivity index is 1.91. The summed E-state index contributed by atoms with van der Waals surface area (Å²) in [5.74, 6) is 0. The standard InChI is InChI=1S/C42H68N2O6S4Si2/c1-37(2,3)45-55(46-38(4,5)6,47-39(7,8)9)27-33(35-43-29-23-19-21-25-31(29)51-35)53-54-34(36-44-30-24-20-22-26-32(30)52-36)28-56(48-40(10,11)12,49-41(13,14)15)50-42(16,17)18/h19-26,33-34H,27-28H2,1-18H3. The van der Waals surface area contributed by atoms with E-state index in [4.69, 9.17) is 36.5 Å². The molecule has 0 aliphatic heterocycles. The van der Waals surface area contributed by atoms with Crippen LogP contribution >= 0.6 is 44.3 Å². The molecular weight excluding hydrogens is 813 g/mol. The third-order valence-electron chi connectivity index (χ3n) is 7.10. The highest BCUT2D eigenvalue weighted by molar-refractivity contribution is 8.76. The van der Waals surface area contributed by atoms with Crippen LogP contribution in [-0.4, -0.2) is 61.2 Å². The Labute approximate surface area is 356 Å². The van der Waals surface area contributed by atoms with E-state index in [1.165, 1.54) is 0 Å². The molecule has 8 nitrogen and oxygen atoms in total. The Bertz CT molecular complexity index is 1590. The number of aromatic nitrogens is 2. The van der Waals surface area contributed by atoms with Crippen LogP contribution in [0, 0.1) is 0 Å². The third-order valence-corrected chi connectivity index (χ3v) is 20.7. The molecule has 2 unspecified atom stereocenters. The minimum Gasteiger partial charge on any atom is -0.368 e. The molecule has 314 valence electrons. The summed E-state index contributed by atoms with van der Waals surface area (Å²) >= 11 is 3.44. The van der Waals surface area contributed by atoms with Gasteiger partial charge < -0.3 is 26.6 Å². The third kappa shape index (κ3) is 15.6. The van der Waals surface area contributed by atoms with E-state index in [1.807, 2.05) is 12.1 Å². The van der Waals surface area contributed by atoms with Crippen LogP contribution in [0.15, 0.2) is 48.5 Å². The Morgan fingerprint density at radius 2 is 0.696 bits per heavy atom. The van der Waals surface area contributed by atoms with Gasteiger partial charge in [-0.05, 0) is 149 Å². The smallest absolute Gasteiger partial charge is 0.368 e. The van der Waals surface area contributed by atoms with Gasteiger partial charge in [0.1, 0.15) is 10.0 Å². The fraction of sp³-hybridized carbons (Fsp3) is 0.667. The molecule has 0 aliphatic carbocycles. The van der Waals surface area contributed by atoms with Crippen molar-refractivity contribution in [3.63, 3.8) is 0 Å². The highest BCUT2D eigenvalue weighted by Crippen LogP contribution is 2.55. The summed E-state index contributed by atoms with van der Waals surface area (Å²) in [5.41, 5.74) is -1.17. The SMILES string of the molecule is CC(C)(C)O[Si](CC(SSC(C[Si](OC(C)(C)C)(OC(C)(C)C)OC(C)(C)C)c1nc2ccccc2s1)c1nc2ccccc2s1)(OC(C)(C)C)OC(C)(C)C. The first-order chi connectivity index (χ1) is 25.3. The van der Waals surface area contributed by atoms with E-state index < -0.39 is 51.2 Å². The van der Waals surface area contributed by atoms with E-state index in [2.05, 4.69) is 161 Å². The first kappa shape index (κ1) is 47.8. The van der Waals surface area contributed by atoms with Gasteiger partial charge in [0.25, 0.3) is 0 Å². The van der Waals surface area contributed by atoms with E-state index >= 15 is 0 Å². The second-order valence-electron chi connectivity index (χ2n) is 20.3. The highest BCUT2D eigenvalue weighted by Gasteiger charge is 2.55. The maximum Gasteiger partial charge on any atom is 0.503 e. The lowest BCUT2D eigenvalue weighted by atomic mass is 10.2. The number of para-hydroxylation sites is 2. The van der Waals surface area contributed by atoms with Gasteiger partial charge in [0.2, 0.25) is 0 Å². The average molecular weight is 881 g/mol. The van der Waals surface area contributed by atoms with Crippen molar-refractivity contribution < 1.29 is 26.6 Å². The molecule has 0 aliphatic rings. The quantitative estimate of drug-likeness (QED) is 0.0850. The summed E-state index contributed by atoms with van der Waals surface area (Å²) in [6, 6.07) is 17.7. The molecule has 0 N–H and O–H groups in total. The first-order valence-corrected chi connectivity index (χ1v) is 27.3. The zero-order valence-electron chi connectivity index (χ0n) is 37.2. The van der Waals surface area contributed by atoms with Gasteiger partial charge in [-0.2, -0.15) is 0 Å². The lowest BCUT2D eigenvalue weighted by Crippen LogP contribution is -2.57. The van der Waals surface area contributed by atoms with Crippen molar-refractivity contribution in [3.05, 3.63) is 58.5 Å². The second kappa shape index (κ2) is 17.6. The predicted molar refractivity (Wildman–Crippen MR) is 246 cm³/mol. The molecule has 2 atom stereocenters. The van der Waals surface area contributed by atoms with E-state index in [0.29, 0.717) is 12.1 Å². The Hall–Kier alpha value is -0.886. The normalized spacial score (nSPS) is 15.5. The maximum absolute atomic E-state index is 7.07. The summed E-state index contributed by atoms with van der Waals surface area (Å²) < 4.78 is 44.7. The molecule has 0 spiro atoms. The molecule has 2 aromatic heterocycles. The number of benzene rings is 2. The zero-order valence-corrected chi connectivity index (χ0v) is 42.4. The molecule has 0 bridgehead atoms. The van der Waals surface area contributed by atoms with Gasteiger partial charge in [0.05, 0.1) is 64.5 Å². The summed E-state index contributed by atoms with van der Waals surface area (Å²) in [7, 11) is -3.36. The molecule has 2 aromatic carbocycles. The number of thiazole rings is 2. The summed E-state index contributed by atoms with van der Waals surface area (Å²) in [6.45, 7) is 37.4. The van der Waals surface area contributed by atoms with Gasteiger partial charge in [-0.1, -0.05) is 45.9 Å². The van der Waals surface area contributed by atoms with Crippen LogP contribution in [0.4, 0.5) is 0 Å². The van der Waals surface area contributed by atoms with E-state index in [0.717, 1.165) is 30.4 Å². The van der Waals surface area contributed by atoms with Gasteiger partial charge in [-0.15, -0.1) is 22.7 Å². The molecule has 0 radical (unpaired) electrons. The number of nitrogens with zero attached hydrogens (tertiary/aromatic N) is 2. The number of rotatable bonds is 15. The lowest BCUT2D eigenvalue weighted by molar-refractivity contribution is -0.0769. The fourth-order valence-corrected chi connectivity index (χ4v) is 21.8. The van der Waals surface area contributed by atoms with Gasteiger partial charge >= 0.3 is 17.6 Å². The van der Waals surface area contributed by atoms with Crippen molar-refractivity contribution in [2.24, 2.45) is 0 Å². The van der Waals surface area contributed by atoms with Crippen molar-refractivity contribution in [1.29, 1.82) is 0 Å². The summed E-state index contributed by atoms with van der Waals surface area (Å²) in [6.07, 6.45) is 0. The molecule has 2 heterocycles. The van der Waals surface area contributed by atoms with Crippen LogP contribution in [0.3, 0.4) is 0 Å². The lowest BCUT2D eigenvalue weighted by Gasteiger charge is -2.44. The summed E-state index contributed by atoms with van der Waals surface area (Å²) in [5, 5.41) is 1.70. The maximum atomic E-state index is 7.07. The monoisotopic (exact) mass is 880 g/mol. The van der Waals surface area contributed by atoms with Gasteiger partial charge in [-0.25, -0.2) is 9.97 Å². The van der Waals surface area contributed by atoms with Crippen LogP contribution in [0.5, 0.6) is 0 Å². The minimum atomic E-state index is -3.46. The minimum absolute atomic E-state index is 0.153. The van der Waals surface area contributed by atoms with E-state index in [-0.39, 0.29) is 10.5 Å². The summed E-state index contributed by atoms with van der Waals surface area (Å²) in [4.78, 5) is 10.5. The topological polar surface area (TPSA) is 81.2 Å². The molecule has 4 rings (SSSR count). The van der Waals surface area contributed by atoms with Crippen molar-refractivity contribution >= 4 is 82.3 Å². The molecule has 56 heavy (non-hydrogen) atoms. The molecule has 0 amide bonds. The van der Waals surface area contributed by atoms with Crippen molar-refractivity contribution in [2.45, 2.75) is 181 Å². The van der Waals surface area contributed by atoms with E-state index in [1.54, 1.807) is 44.3 Å². The average Bonchev–Trinajstić information content (AvgIpc) is 3.57. The number of hydrogen-bond acceptors (Lipinski definition) is 12. The molecule has 0 fully saturated rings. The van der Waals surface area contributed by atoms with Crippen LogP contribution in [0.2, 0.25) is 12.1 Å². The Kier molecular flexibility index (Phi) is 15.0. The molecule has 14 heteroatoms. The van der Waals surface area contributed by atoms with Crippen LogP contribution in [0.25, 0.3) is 20.4 Å². The highest BCUT2D eigenvalue weighted by atomic mass is 33.1. The first-order valence-electron chi connectivity index (χ1n) is 19.6. The molecular formula is C42H68N2O6S4Si2. The Morgan fingerprint density at radius 1 is 0.446 bits per heavy atom. The van der Waals surface area contributed by atoms with Gasteiger partial charge in [-0.3, -0.25) is 0 Å². The zero-order chi connectivity index (χ0) is 42.2. The molecule has 0 saturated heterocycles. The van der Waals surface area contributed by atoms with Gasteiger partial charge in [0, 0.05) is 12.1 Å². The van der Waals surface area contributed by atoms with Crippen molar-refractivity contribution in [1.82, 2.24) is 9.97 Å².